The van der Waals surface area contributed by atoms with Gasteiger partial charge in [0.1, 0.15) is 0 Å². The van der Waals surface area contributed by atoms with E-state index < -0.39 is 0 Å². The van der Waals surface area contributed by atoms with Crippen LogP contribution in [0.25, 0.3) is 0 Å². The number of hydrogen-bond acceptors (Lipinski definition) is 2. The molecular weight excluding hydrogens is 296 g/mol. The summed E-state index contributed by atoms with van der Waals surface area (Å²) in [5.74, 6) is 0.0120. The molecule has 0 aliphatic heterocycles. The molecule has 1 amide bonds. The maximum absolute atomic E-state index is 12.5. The topological polar surface area (TPSA) is 55.1 Å². The van der Waals surface area contributed by atoms with Gasteiger partial charge in [-0.25, -0.2) is 0 Å². The number of nitrogens with one attached hydrogen (secondary N) is 1. The van der Waals surface area contributed by atoms with Crippen LogP contribution in [0, 0.1) is 5.41 Å². The van der Waals surface area contributed by atoms with Crippen molar-refractivity contribution in [3.63, 3.8) is 0 Å². The Balaban J connectivity index is 1.64. The van der Waals surface area contributed by atoms with E-state index in [4.69, 9.17) is 5.73 Å². The number of nitrogens with two attached hydrogens (primary N) is 1. The van der Waals surface area contributed by atoms with Crippen LogP contribution in [0.4, 0.5) is 0 Å². The quantitative estimate of drug-likeness (QED) is 0.852. The Morgan fingerprint density at radius 1 is 0.958 bits per heavy atom. The Bertz CT molecular complexity index is 658. The highest BCUT2D eigenvalue weighted by atomic mass is 16.1. The van der Waals surface area contributed by atoms with Crippen LogP contribution in [-0.4, -0.2) is 12.5 Å². The highest BCUT2D eigenvalue weighted by Crippen LogP contribution is 2.40. The lowest BCUT2D eigenvalue weighted by Crippen LogP contribution is -2.37. The fraction of sp³-hybridized carbons (Fsp3) is 0.381. The van der Waals surface area contributed by atoms with Crippen molar-refractivity contribution in [2.75, 3.05) is 6.54 Å². The third-order valence-corrected chi connectivity index (χ3v) is 5.16. The Morgan fingerprint density at radius 3 is 2.25 bits per heavy atom. The maximum Gasteiger partial charge on any atom is 0.251 e. The van der Waals surface area contributed by atoms with Crippen LogP contribution in [0.15, 0.2) is 54.6 Å². The minimum absolute atomic E-state index is 0.0120. The van der Waals surface area contributed by atoms with Crippen LogP contribution in [-0.2, 0) is 13.0 Å². The zero-order chi connectivity index (χ0) is 16.8. The predicted molar refractivity (Wildman–Crippen MR) is 97.7 cm³/mol. The van der Waals surface area contributed by atoms with Gasteiger partial charge in [0.15, 0.2) is 0 Å². The molecule has 3 nitrogen and oxygen atoms in total. The number of benzene rings is 2. The summed E-state index contributed by atoms with van der Waals surface area (Å²) in [4.78, 5) is 12.5. The van der Waals surface area contributed by atoms with Gasteiger partial charge in [-0.3, -0.25) is 4.79 Å². The van der Waals surface area contributed by atoms with E-state index in [1.807, 2.05) is 24.3 Å². The van der Waals surface area contributed by atoms with Crippen molar-refractivity contribution in [3.05, 3.63) is 71.3 Å². The van der Waals surface area contributed by atoms with Crippen molar-refractivity contribution in [1.29, 1.82) is 0 Å². The Kier molecular flexibility index (Phi) is 5.31. The summed E-state index contributed by atoms with van der Waals surface area (Å²) >= 11 is 0. The van der Waals surface area contributed by atoms with Crippen LogP contribution < -0.4 is 11.1 Å². The van der Waals surface area contributed by atoms with Crippen molar-refractivity contribution in [3.8, 4) is 0 Å². The summed E-state index contributed by atoms with van der Waals surface area (Å²) in [6, 6.07) is 18.2. The van der Waals surface area contributed by atoms with Gasteiger partial charge in [0, 0.05) is 18.7 Å². The second-order valence-electron chi connectivity index (χ2n) is 6.95. The summed E-state index contributed by atoms with van der Waals surface area (Å²) in [6.45, 7) is 1.25. The van der Waals surface area contributed by atoms with Gasteiger partial charge < -0.3 is 11.1 Å². The van der Waals surface area contributed by atoms with Gasteiger partial charge >= 0.3 is 0 Å². The van der Waals surface area contributed by atoms with Crippen molar-refractivity contribution in [2.45, 2.75) is 38.6 Å². The number of rotatable bonds is 6. The van der Waals surface area contributed by atoms with Gasteiger partial charge in [-0.05, 0) is 47.9 Å². The van der Waals surface area contributed by atoms with Crippen molar-refractivity contribution >= 4 is 5.91 Å². The number of hydrogen-bond donors (Lipinski definition) is 2. The minimum Gasteiger partial charge on any atom is -0.351 e. The first-order chi connectivity index (χ1) is 11.7. The smallest absolute Gasteiger partial charge is 0.251 e. The van der Waals surface area contributed by atoms with E-state index in [0.717, 1.165) is 18.5 Å². The summed E-state index contributed by atoms with van der Waals surface area (Å²) in [5.41, 5.74) is 8.92. The van der Waals surface area contributed by atoms with E-state index >= 15 is 0 Å². The minimum atomic E-state index is 0.0120. The van der Waals surface area contributed by atoms with Gasteiger partial charge in [-0.1, -0.05) is 55.3 Å². The van der Waals surface area contributed by atoms with Crippen LogP contribution in [0.1, 0.15) is 47.2 Å². The first-order valence-corrected chi connectivity index (χ1v) is 8.82. The van der Waals surface area contributed by atoms with Crippen molar-refractivity contribution in [1.82, 2.24) is 5.32 Å². The summed E-state index contributed by atoms with van der Waals surface area (Å²) in [7, 11) is 0. The van der Waals surface area contributed by atoms with Gasteiger partial charge in [0.25, 0.3) is 5.91 Å². The number of carbonyl (C=O) groups excluding carboxylic acids is 1. The van der Waals surface area contributed by atoms with Crippen LogP contribution in [0.3, 0.4) is 0 Å². The molecule has 2 aromatic rings. The molecule has 3 N–H and O–H groups in total. The summed E-state index contributed by atoms with van der Waals surface area (Å²) in [5, 5.41) is 3.17. The molecule has 1 aliphatic carbocycles. The first kappa shape index (κ1) is 16.7. The van der Waals surface area contributed by atoms with E-state index in [2.05, 4.69) is 35.6 Å². The summed E-state index contributed by atoms with van der Waals surface area (Å²) < 4.78 is 0. The molecule has 1 saturated carbocycles. The van der Waals surface area contributed by atoms with E-state index in [1.54, 1.807) is 0 Å². The lowest BCUT2D eigenvalue weighted by atomic mass is 9.80. The molecule has 0 unspecified atom stereocenters. The van der Waals surface area contributed by atoms with E-state index in [-0.39, 0.29) is 11.3 Å². The Morgan fingerprint density at radius 2 is 1.62 bits per heavy atom. The first-order valence-electron chi connectivity index (χ1n) is 8.82. The van der Waals surface area contributed by atoms with Crippen LogP contribution in [0.2, 0.25) is 0 Å². The molecular formula is C21H26N2O. The average Bonchev–Trinajstić information content (AvgIpc) is 3.09. The largest absolute Gasteiger partial charge is 0.351 e. The standard InChI is InChI=1S/C21H26N2O/c22-15-18-8-10-19(11-9-18)20(24)23-16-21(12-4-5-13-21)14-17-6-2-1-3-7-17/h1-3,6-11H,4-5,12-16,22H2,(H,23,24). The Hall–Kier alpha value is -2.13. The van der Waals surface area contributed by atoms with E-state index in [1.165, 1.54) is 31.2 Å². The normalized spacial score (nSPS) is 16.0. The van der Waals surface area contributed by atoms with Crippen molar-refractivity contribution < 1.29 is 4.79 Å². The third-order valence-electron chi connectivity index (χ3n) is 5.16. The fourth-order valence-corrected chi connectivity index (χ4v) is 3.73. The molecule has 0 bridgehead atoms. The molecule has 1 fully saturated rings. The van der Waals surface area contributed by atoms with Gasteiger partial charge in [-0.15, -0.1) is 0 Å². The fourth-order valence-electron chi connectivity index (χ4n) is 3.73. The highest BCUT2D eigenvalue weighted by molar-refractivity contribution is 5.94. The zero-order valence-corrected chi connectivity index (χ0v) is 14.1. The number of carbonyl (C=O) groups is 1. The van der Waals surface area contributed by atoms with E-state index in [0.29, 0.717) is 12.1 Å². The molecule has 126 valence electrons. The lowest BCUT2D eigenvalue weighted by Gasteiger charge is -2.29. The highest BCUT2D eigenvalue weighted by Gasteiger charge is 2.34. The molecule has 0 spiro atoms. The monoisotopic (exact) mass is 322 g/mol. The summed E-state index contributed by atoms with van der Waals surface area (Å²) in [6.07, 6.45) is 5.94. The molecule has 0 heterocycles. The zero-order valence-electron chi connectivity index (χ0n) is 14.1. The molecule has 1 aliphatic rings. The predicted octanol–water partition coefficient (Wildman–Crippen LogP) is 3.68. The molecule has 0 atom stereocenters. The second kappa shape index (κ2) is 7.63. The van der Waals surface area contributed by atoms with Crippen LogP contribution in [0.5, 0.6) is 0 Å². The molecule has 2 aromatic carbocycles. The molecule has 24 heavy (non-hydrogen) atoms. The molecule has 0 radical (unpaired) electrons. The average molecular weight is 322 g/mol. The van der Waals surface area contributed by atoms with Gasteiger partial charge in [-0.2, -0.15) is 0 Å². The Labute approximate surface area is 144 Å². The lowest BCUT2D eigenvalue weighted by molar-refractivity contribution is 0.0930. The van der Waals surface area contributed by atoms with Crippen LogP contribution >= 0.6 is 0 Å². The van der Waals surface area contributed by atoms with Gasteiger partial charge in [0.05, 0.1) is 0 Å². The molecule has 3 rings (SSSR count). The third kappa shape index (κ3) is 4.04. The molecule has 0 aromatic heterocycles. The second-order valence-corrected chi connectivity index (χ2v) is 6.95. The maximum atomic E-state index is 12.5. The molecule has 3 heteroatoms. The van der Waals surface area contributed by atoms with E-state index in [9.17, 15) is 4.79 Å². The number of amides is 1. The van der Waals surface area contributed by atoms with Crippen molar-refractivity contribution in [2.24, 2.45) is 11.1 Å². The SMILES string of the molecule is NCc1ccc(C(=O)NCC2(Cc3ccccc3)CCCC2)cc1. The molecule has 0 saturated heterocycles. The van der Waals surface area contributed by atoms with Gasteiger partial charge in [0.2, 0.25) is 0 Å².